The molecule has 2 aromatic heterocycles. The maximum atomic E-state index is 11.0. The van der Waals surface area contributed by atoms with Crippen LogP contribution in [0.5, 0.6) is 0 Å². The number of aromatic amines is 2. The first-order valence-electron chi connectivity index (χ1n) is 4.56. The number of hydrogen-bond acceptors (Lipinski definition) is 3. The van der Waals surface area contributed by atoms with Gasteiger partial charge in [-0.25, -0.2) is 9.78 Å². The monoisotopic (exact) mass is 279 g/mol. The van der Waals surface area contributed by atoms with Gasteiger partial charge in [-0.2, -0.15) is 0 Å². The van der Waals surface area contributed by atoms with Crippen LogP contribution in [-0.4, -0.2) is 15.0 Å². The van der Waals surface area contributed by atoms with E-state index >= 15 is 0 Å². The van der Waals surface area contributed by atoms with Crippen molar-refractivity contribution in [2.24, 2.45) is 0 Å². The molecule has 0 bridgehead atoms. The molecular weight excluding hydrogens is 274 g/mol. The van der Waals surface area contributed by atoms with E-state index in [0.717, 1.165) is 11.3 Å². The van der Waals surface area contributed by atoms with Crippen molar-refractivity contribution in [2.45, 2.75) is 0 Å². The molecule has 16 heavy (non-hydrogen) atoms. The molecule has 2 N–H and O–H groups in total. The molecule has 6 heteroatoms. The number of hydrogen-bond donors (Lipinski definition) is 2. The largest absolute Gasteiger partial charge is 0.417 e. The lowest BCUT2D eigenvalue weighted by atomic mass is 10.1. The van der Waals surface area contributed by atoms with Gasteiger partial charge in [-0.05, 0) is 28.1 Å². The van der Waals surface area contributed by atoms with E-state index < -0.39 is 5.76 Å². The minimum Gasteiger partial charge on any atom is -0.408 e. The molecule has 2 heterocycles. The van der Waals surface area contributed by atoms with Gasteiger partial charge in [0.05, 0.1) is 17.4 Å². The smallest absolute Gasteiger partial charge is 0.408 e. The van der Waals surface area contributed by atoms with E-state index in [1.807, 2.05) is 6.07 Å². The third-order valence-corrected chi connectivity index (χ3v) is 2.68. The molecule has 0 aliphatic rings. The normalized spacial score (nSPS) is 11.1. The van der Waals surface area contributed by atoms with Crippen molar-refractivity contribution in [1.82, 2.24) is 15.0 Å². The number of aromatic nitrogens is 3. The third-order valence-electron chi connectivity index (χ3n) is 2.28. The van der Waals surface area contributed by atoms with Crippen LogP contribution in [0.15, 0.2) is 38.3 Å². The molecule has 0 atom stereocenters. The van der Waals surface area contributed by atoms with Gasteiger partial charge in [0.1, 0.15) is 0 Å². The number of oxazole rings is 1. The summed E-state index contributed by atoms with van der Waals surface area (Å²) in [6.45, 7) is 0. The highest BCUT2D eigenvalue weighted by atomic mass is 79.9. The highest BCUT2D eigenvalue weighted by Crippen LogP contribution is 2.22. The molecule has 3 aromatic rings. The van der Waals surface area contributed by atoms with Crippen LogP contribution >= 0.6 is 15.9 Å². The molecule has 0 amide bonds. The van der Waals surface area contributed by atoms with Crippen molar-refractivity contribution in [3.63, 3.8) is 0 Å². The summed E-state index contributed by atoms with van der Waals surface area (Å²) in [5.74, 6) is -0.446. The Balaban J connectivity index is 2.21. The summed E-state index contributed by atoms with van der Waals surface area (Å²) in [6, 6.07) is 5.46. The van der Waals surface area contributed by atoms with Crippen LogP contribution in [0, 0.1) is 0 Å². The summed E-state index contributed by atoms with van der Waals surface area (Å²) in [5, 5.41) is 0. The van der Waals surface area contributed by atoms with Crippen LogP contribution in [0.4, 0.5) is 0 Å². The lowest BCUT2D eigenvalue weighted by Crippen LogP contribution is -1.92. The van der Waals surface area contributed by atoms with E-state index in [1.54, 1.807) is 18.3 Å². The second kappa shape index (κ2) is 3.34. The summed E-state index contributed by atoms with van der Waals surface area (Å²) in [4.78, 5) is 20.7. The molecule has 80 valence electrons. The predicted octanol–water partition coefficient (Wildman–Crippen LogP) is 2.27. The topological polar surface area (TPSA) is 74.7 Å². The second-order valence-corrected chi connectivity index (χ2v) is 4.06. The van der Waals surface area contributed by atoms with E-state index in [-0.39, 0.29) is 0 Å². The molecule has 5 nitrogen and oxygen atoms in total. The zero-order valence-corrected chi connectivity index (χ0v) is 9.54. The maximum absolute atomic E-state index is 11.0. The van der Waals surface area contributed by atoms with Crippen LogP contribution in [-0.2, 0) is 0 Å². The van der Waals surface area contributed by atoms with Gasteiger partial charge < -0.3 is 9.40 Å². The number of benzene rings is 1. The van der Waals surface area contributed by atoms with Crippen molar-refractivity contribution in [1.29, 1.82) is 0 Å². The van der Waals surface area contributed by atoms with Crippen LogP contribution < -0.4 is 5.76 Å². The molecule has 0 fully saturated rings. The predicted molar refractivity (Wildman–Crippen MR) is 62.1 cm³/mol. The Bertz CT molecular complexity index is 710. The number of halogens is 1. The van der Waals surface area contributed by atoms with Crippen LogP contribution in [0.3, 0.4) is 0 Å². The van der Waals surface area contributed by atoms with Gasteiger partial charge in [0.25, 0.3) is 0 Å². The Morgan fingerprint density at radius 3 is 2.94 bits per heavy atom. The van der Waals surface area contributed by atoms with Crippen LogP contribution in [0.2, 0.25) is 0 Å². The molecule has 0 spiro atoms. The van der Waals surface area contributed by atoms with E-state index in [4.69, 9.17) is 4.42 Å². The van der Waals surface area contributed by atoms with Gasteiger partial charge in [-0.3, -0.25) is 4.98 Å². The molecule has 0 aliphatic heterocycles. The summed E-state index contributed by atoms with van der Waals surface area (Å²) in [6.07, 6.45) is 1.70. The second-order valence-electron chi connectivity index (χ2n) is 3.31. The minimum atomic E-state index is -0.446. The number of nitrogens with one attached hydrogen (secondary N) is 2. The highest BCUT2D eigenvalue weighted by molar-refractivity contribution is 9.10. The van der Waals surface area contributed by atoms with E-state index in [9.17, 15) is 4.79 Å². The first-order valence-corrected chi connectivity index (χ1v) is 5.35. The van der Waals surface area contributed by atoms with Gasteiger partial charge in [-0.1, -0.05) is 6.07 Å². The van der Waals surface area contributed by atoms with E-state index in [1.165, 1.54) is 0 Å². The van der Waals surface area contributed by atoms with Gasteiger partial charge in [0.2, 0.25) is 0 Å². The average Bonchev–Trinajstić information content (AvgIpc) is 2.81. The number of rotatable bonds is 1. The Labute approximate surface area is 97.6 Å². The van der Waals surface area contributed by atoms with Gasteiger partial charge >= 0.3 is 5.76 Å². The quantitative estimate of drug-likeness (QED) is 0.718. The summed E-state index contributed by atoms with van der Waals surface area (Å²) in [7, 11) is 0. The zero-order chi connectivity index (χ0) is 11.1. The SMILES string of the molecule is O=c1[nH]c2ccc(-c3cnc(Br)[nH]3)cc2o1. The van der Waals surface area contributed by atoms with Crippen molar-refractivity contribution >= 4 is 27.0 Å². The number of imidazole rings is 1. The molecule has 0 saturated heterocycles. The maximum Gasteiger partial charge on any atom is 0.417 e. The first-order chi connectivity index (χ1) is 7.72. The summed E-state index contributed by atoms with van der Waals surface area (Å²) in [5.41, 5.74) is 2.99. The van der Waals surface area contributed by atoms with Crippen molar-refractivity contribution in [3.05, 3.63) is 39.7 Å². The highest BCUT2D eigenvalue weighted by Gasteiger charge is 2.05. The van der Waals surface area contributed by atoms with Crippen molar-refractivity contribution in [3.8, 4) is 11.3 Å². The zero-order valence-electron chi connectivity index (χ0n) is 7.95. The third kappa shape index (κ3) is 1.47. The molecule has 0 radical (unpaired) electrons. The minimum absolute atomic E-state index is 0.446. The Morgan fingerprint density at radius 2 is 2.19 bits per heavy atom. The number of nitrogens with zero attached hydrogens (tertiary/aromatic N) is 1. The molecule has 0 unspecified atom stereocenters. The average molecular weight is 280 g/mol. The van der Waals surface area contributed by atoms with Crippen LogP contribution in [0.1, 0.15) is 0 Å². The first kappa shape index (κ1) is 9.41. The standard InChI is InChI=1S/C10H6BrN3O2/c11-9-12-4-7(13-9)5-1-2-6-8(3-5)16-10(15)14-6/h1-4H,(H,12,13)(H,14,15). The lowest BCUT2D eigenvalue weighted by molar-refractivity contribution is 0.555. The molecular formula is C10H6BrN3O2. The fourth-order valence-corrected chi connectivity index (χ4v) is 1.87. The Morgan fingerprint density at radius 1 is 1.31 bits per heavy atom. The van der Waals surface area contributed by atoms with E-state index in [0.29, 0.717) is 15.8 Å². The molecule has 0 aliphatic carbocycles. The molecule has 0 saturated carbocycles. The Hall–Kier alpha value is -1.82. The van der Waals surface area contributed by atoms with Gasteiger partial charge in [-0.15, -0.1) is 0 Å². The van der Waals surface area contributed by atoms with Crippen molar-refractivity contribution < 1.29 is 4.42 Å². The van der Waals surface area contributed by atoms with Gasteiger partial charge in [0.15, 0.2) is 10.3 Å². The van der Waals surface area contributed by atoms with Crippen molar-refractivity contribution in [2.75, 3.05) is 0 Å². The Kier molecular flexibility index (Phi) is 1.97. The molecule has 3 rings (SSSR count). The number of H-pyrrole nitrogens is 2. The van der Waals surface area contributed by atoms with E-state index in [2.05, 4.69) is 30.9 Å². The fourth-order valence-electron chi connectivity index (χ4n) is 1.56. The lowest BCUT2D eigenvalue weighted by Gasteiger charge is -1.95. The fraction of sp³-hybridized carbons (Fsp3) is 0. The summed E-state index contributed by atoms with van der Waals surface area (Å²) >= 11 is 3.24. The molecule has 1 aromatic carbocycles. The van der Waals surface area contributed by atoms with Gasteiger partial charge in [0, 0.05) is 5.56 Å². The van der Waals surface area contributed by atoms with Crippen LogP contribution in [0.25, 0.3) is 22.4 Å². The number of fused-ring (bicyclic) bond motifs is 1. The summed E-state index contributed by atoms with van der Waals surface area (Å²) < 4.78 is 5.64.